The van der Waals surface area contributed by atoms with Crippen molar-refractivity contribution in [2.24, 2.45) is 7.05 Å². The van der Waals surface area contributed by atoms with Crippen LogP contribution in [-0.4, -0.2) is 29.8 Å². The van der Waals surface area contributed by atoms with Gasteiger partial charge in [-0.05, 0) is 31.5 Å². The highest BCUT2D eigenvalue weighted by atomic mass is 16.2. The largest absolute Gasteiger partial charge is 0.395 e. The number of benzene rings is 1. The lowest BCUT2D eigenvalue weighted by Crippen LogP contribution is -2.18. The molecule has 3 N–H and O–H groups in total. The van der Waals surface area contributed by atoms with Crippen molar-refractivity contribution in [3.8, 4) is 0 Å². The van der Waals surface area contributed by atoms with Crippen LogP contribution in [0.2, 0.25) is 0 Å². The van der Waals surface area contributed by atoms with E-state index in [1.165, 1.54) is 4.68 Å². The Kier molecular flexibility index (Phi) is 3.88. The number of amides is 1. The van der Waals surface area contributed by atoms with Crippen LogP contribution in [0.5, 0.6) is 0 Å². The monoisotopic (exact) mass is 287 g/mol. The van der Waals surface area contributed by atoms with Crippen LogP contribution in [0.4, 0.5) is 17.1 Å². The Morgan fingerprint density at radius 2 is 2.00 bits per heavy atom. The zero-order valence-corrected chi connectivity index (χ0v) is 13.1. The molecule has 21 heavy (non-hydrogen) atoms. The van der Waals surface area contributed by atoms with Crippen LogP contribution in [0, 0.1) is 13.8 Å². The van der Waals surface area contributed by atoms with Crippen LogP contribution >= 0.6 is 0 Å². The molecular formula is C15H21N5O. The number of rotatable bonds is 3. The molecule has 0 aliphatic heterocycles. The van der Waals surface area contributed by atoms with E-state index in [1.807, 2.05) is 44.1 Å². The average Bonchev–Trinajstić information content (AvgIpc) is 2.65. The summed E-state index contributed by atoms with van der Waals surface area (Å²) in [5, 5.41) is 7.03. The number of aryl methyl sites for hydroxylation is 3. The van der Waals surface area contributed by atoms with Crippen LogP contribution in [0.3, 0.4) is 0 Å². The Morgan fingerprint density at radius 3 is 2.52 bits per heavy atom. The molecule has 0 radical (unpaired) electrons. The van der Waals surface area contributed by atoms with Crippen molar-refractivity contribution >= 4 is 23.0 Å². The highest BCUT2D eigenvalue weighted by molar-refractivity contribution is 6.07. The molecule has 0 atom stereocenters. The number of nitrogens with zero attached hydrogens (tertiary/aromatic N) is 3. The number of hydrogen-bond donors (Lipinski definition) is 2. The van der Waals surface area contributed by atoms with E-state index in [2.05, 4.69) is 10.4 Å². The van der Waals surface area contributed by atoms with Crippen molar-refractivity contribution in [2.75, 3.05) is 30.0 Å². The first-order valence-corrected chi connectivity index (χ1v) is 6.69. The van der Waals surface area contributed by atoms with Crippen LogP contribution < -0.4 is 16.0 Å². The molecule has 0 unspecified atom stereocenters. The smallest absolute Gasteiger partial charge is 0.276 e. The zero-order valence-electron chi connectivity index (χ0n) is 13.1. The molecule has 1 amide bonds. The molecule has 0 fully saturated rings. The summed E-state index contributed by atoms with van der Waals surface area (Å²) >= 11 is 0. The van der Waals surface area contributed by atoms with Gasteiger partial charge in [-0.2, -0.15) is 5.10 Å². The van der Waals surface area contributed by atoms with Crippen LogP contribution in [0.15, 0.2) is 18.2 Å². The summed E-state index contributed by atoms with van der Waals surface area (Å²) < 4.78 is 1.50. The number of nitrogen functional groups attached to an aromatic ring is 1. The SMILES string of the molecule is Cc1ccc(NC(=O)c2c(N)c(C)nn2C)cc1N(C)C. The number of nitrogens with two attached hydrogens (primary N) is 1. The highest BCUT2D eigenvalue weighted by Gasteiger charge is 2.18. The van der Waals surface area contributed by atoms with Gasteiger partial charge in [0.1, 0.15) is 5.69 Å². The van der Waals surface area contributed by atoms with Crippen molar-refractivity contribution < 1.29 is 4.79 Å². The maximum absolute atomic E-state index is 12.4. The molecule has 0 spiro atoms. The van der Waals surface area contributed by atoms with Crippen molar-refractivity contribution in [1.29, 1.82) is 0 Å². The van der Waals surface area contributed by atoms with Crippen LogP contribution in [0.1, 0.15) is 21.7 Å². The average molecular weight is 287 g/mol. The molecule has 1 aromatic heterocycles. The van der Waals surface area contributed by atoms with E-state index in [4.69, 9.17) is 5.73 Å². The predicted octanol–water partition coefficient (Wildman–Crippen LogP) is 1.94. The summed E-state index contributed by atoms with van der Waals surface area (Å²) in [6.45, 7) is 3.81. The van der Waals surface area contributed by atoms with Crippen molar-refractivity contribution in [3.05, 3.63) is 35.2 Å². The van der Waals surface area contributed by atoms with E-state index < -0.39 is 0 Å². The third-order valence-electron chi connectivity index (χ3n) is 3.43. The summed E-state index contributed by atoms with van der Waals surface area (Å²) in [4.78, 5) is 14.4. The fourth-order valence-electron chi connectivity index (χ4n) is 2.30. The standard InChI is InChI=1S/C15H21N5O/c1-9-6-7-11(8-12(9)19(3)4)17-15(21)14-13(16)10(2)18-20(14)5/h6-8H,16H2,1-5H3,(H,17,21). The molecule has 6 nitrogen and oxygen atoms in total. The maximum atomic E-state index is 12.4. The minimum Gasteiger partial charge on any atom is -0.395 e. The molecule has 6 heteroatoms. The first-order chi connectivity index (χ1) is 9.81. The van der Waals surface area contributed by atoms with Gasteiger partial charge in [-0.15, -0.1) is 0 Å². The van der Waals surface area contributed by atoms with Gasteiger partial charge in [-0.3, -0.25) is 9.48 Å². The molecule has 0 aliphatic rings. The summed E-state index contributed by atoms with van der Waals surface area (Å²) in [5.74, 6) is -0.260. The minimum atomic E-state index is -0.260. The summed E-state index contributed by atoms with van der Waals surface area (Å²) in [7, 11) is 5.64. The van der Waals surface area contributed by atoms with Crippen LogP contribution in [-0.2, 0) is 7.05 Å². The number of nitrogens with one attached hydrogen (secondary N) is 1. The number of carbonyl (C=O) groups excluding carboxylic acids is 1. The minimum absolute atomic E-state index is 0.260. The van der Waals surface area contributed by atoms with Crippen LogP contribution in [0.25, 0.3) is 0 Å². The third-order valence-corrected chi connectivity index (χ3v) is 3.43. The van der Waals surface area contributed by atoms with Gasteiger partial charge in [0.05, 0.1) is 11.4 Å². The molecule has 112 valence electrons. The Hall–Kier alpha value is -2.50. The van der Waals surface area contributed by atoms with E-state index in [0.717, 1.165) is 16.9 Å². The lowest BCUT2D eigenvalue weighted by Gasteiger charge is -2.17. The molecule has 2 rings (SSSR count). The highest BCUT2D eigenvalue weighted by Crippen LogP contribution is 2.24. The zero-order chi connectivity index (χ0) is 15.7. The van der Waals surface area contributed by atoms with Gasteiger partial charge < -0.3 is 16.0 Å². The topological polar surface area (TPSA) is 76.2 Å². The van der Waals surface area contributed by atoms with Gasteiger partial charge in [-0.1, -0.05) is 6.07 Å². The van der Waals surface area contributed by atoms with Gasteiger partial charge in [0.25, 0.3) is 5.91 Å². The third kappa shape index (κ3) is 2.84. The Balaban J connectivity index is 2.30. The second-order valence-electron chi connectivity index (χ2n) is 5.32. The van der Waals surface area contributed by atoms with Gasteiger partial charge in [0.15, 0.2) is 0 Å². The first kappa shape index (κ1) is 14.9. The Labute approximate surface area is 124 Å². The fourth-order valence-corrected chi connectivity index (χ4v) is 2.30. The van der Waals surface area contributed by atoms with E-state index in [-0.39, 0.29) is 5.91 Å². The molecule has 0 bridgehead atoms. The maximum Gasteiger partial charge on any atom is 0.276 e. The normalized spacial score (nSPS) is 10.5. The molecule has 0 aliphatic carbocycles. The number of hydrogen-bond acceptors (Lipinski definition) is 4. The second-order valence-corrected chi connectivity index (χ2v) is 5.32. The van der Waals surface area contributed by atoms with Crippen molar-refractivity contribution in [2.45, 2.75) is 13.8 Å². The Bertz CT molecular complexity index is 688. The fraction of sp³-hybridized carbons (Fsp3) is 0.333. The lowest BCUT2D eigenvalue weighted by molar-refractivity contribution is 0.101. The quantitative estimate of drug-likeness (QED) is 0.904. The van der Waals surface area contributed by atoms with E-state index in [0.29, 0.717) is 17.1 Å². The second kappa shape index (κ2) is 5.47. The van der Waals surface area contributed by atoms with E-state index >= 15 is 0 Å². The number of aromatic nitrogens is 2. The lowest BCUT2D eigenvalue weighted by atomic mass is 10.1. The van der Waals surface area contributed by atoms with Crippen molar-refractivity contribution in [1.82, 2.24) is 9.78 Å². The molecule has 1 heterocycles. The van der Waals surface area contributed by atoms with Gasteiger partial charge in [0.2, 0.25) is 0 Å². The molecule has 1 aromatic carbocycles. The van der Waals surface area contributed by atoms with E-state index in [1.54, 1.807) is 14.0 Å². The molecule has 0 saturated carbocycles. The van der Waals surface area contributed by atoms with E-state index in [9.17, 15) is 4.79 Å². The molecule has 0 saturated heterocycles. The predicted molar refractivity (Wildman–Crippen MR) is 85.8 cm³/mol. The van der Waals surface area contributed by atoms with Gasteiger partial charge in [0, 0.05) is 32.5 Å². The summed E-state index contributed by atoms with van der Waals surface area (Å²) in [5.41, 5.74) is 10.3. The number of anilines is 3. The van der Waals surface area contributed by atoms with Gasteiger partial charge in [-0.25, -0.2) is 0 Å². The summed E-state index contributed by atoms with van der Waals surface area (Å²) in [6.07, 6.45) is 0. The van der Waals surface area contributed by atoms with Gasteiger partial charge >= 0.3 is 0 Å². The van der Waals surface area contributed by atoms with Crippen molar-refractivity contribution in [3.63, 3.8) is 0 Å². The molecule has 2 aromatic rings. The Morgan fingerprint density at radius 1 is 1.33 bits per heavy atom. The summed E-state index contributed by atoms with van der Waals surface area (Å²) in [6, 6.07) is 5.79. The molecular weight excluding hydrogens is 266 g/mol. The first-order valence-electron chi connectivity index (χ1n) is 6.69. The number of carbonyl (C=O) groups is 1.